The lowest BCUT2D eigenvalue weighted by molar-refractivity contribution is 0.182. The smallest absolute Gasteiger partial charge is 0.318 e. The van der Waals surface area contributed by atoms with Crippen LogP contribution in [0.4, 0.5) is 4.79 Å². The van der Waals surface area contributed by atoms with Crippen LogP contribution in [0.5, 0.6) is 0 Å². The summed E-state index contributed by atoms with van der Waals surface area (Å²) in [6.45, 7) is 3.30. The average molecular weight is 299 g/mol. The molecular weight excluding hydrogens is 278 g/mol. The van der Waals surface area contributed by atoms with Crippen molar-refractivity contribution >= 4 is 6.03 Å². The van der Waals surface area contributed by atoms with Crippen molar-refractivity contribution in [1.29, 1.82) is 0 Å². The predicted molar refractivity (Wildman–Crippen MR) is 83.5 cm³/mol. The van der Waals surface area contributed by atoms with E-state index in [0.29, 0.717) is 6.54 Å². The first-order valence-electron chi connectivity index (χ1n) is 7.75. The third kappa shape index (κ3) is 3.30. The molecule has 2 aromatic rings. The average Bonchev–Trinajstić information content (AvgIpc) is 3.16. The molecule has 1 saturated heterocycles. The van der Waals surface area contributed by atoms with Gasteiger partial charge in [-0.1, -0.05) is 35.5 Å². The van der Waals surface area contributed by atoms with Crippen LogP contribution >= 0.6 is 0 Å². The topological polar surface area (TPSA) is 58.4 Å². The van der Waals surface area contributed by atoms with E-state index >= 15 is 0 Å². The molecule has 1 aromatic carbocycles. The molecule has 1 aromatic heterocycles. The number of hydrogen-bond donors (Lipinski definition) is 1. The first kappa shape index (κ1) is 14.6. The van der Waals surface area contributed by atoms with Crippen molar-refractivity contribution in [3.63, 3.8) is 0 Å². The van der Waals surface area contributed by atoms with Gasteiger partial charge in [-0.05, 0) is 31.7 Å². The Morgan fingerprint density at radius 2 is 2.23 bits per heavy atom. The van der Waals surface area contributed by atoms with Gasteiger partial charge in [-0.15, -0.1) is 0 Å². The van der Waals surface area contributed by atoms with Gasteiger partial charge in [0.1, 0.15) is 0 Å². The molecule has 0 aliphatic carbocycles. The first-order valence-corrected chi connectivity index (χ1v) is 7.75. The summed E-state index contributed by atoms with van der Waals surface area (Å²) in [4.78, 5) is 14.2. The molecule has 5 heteroatoms. The zero-order valence-corrected chi connectivity index (χ0v) is 12.8. The van der Waals surface area contributed by atoms with E-state index in [-0.39, 0.29) is 12.1 Å². The molecule has 0 saturated carbocycles. The molecule has 0 spiro atoms. The van der Waals surface area contributed by atoms with Gasteiger partial charge in [0, 0.05) is 19.2 Å². The Bertz CT molecular complexity index is 624. The van der Waals surface area contributed by atoms with Crippen LogP contribution < -0.4 is 5.32 Å². The summed E-state index contributed by atoms with van der Waals surface area (Å²) in [5.74, 6) is 0.785. The minimum atomic E-state index is -0.0208. The van der Waals surface area contributed by atoms with Gasteiger partial charge >= 0.3 is 6.03 Å². The van der Waals surface area contributed by atoms with E-state index in [0.717, 1.165) is 37.3 Å². The summed E-state index contributed by atoms with van der Waals surface area (Å²) in [6.07, 6.45) is 2.77. The van der Waals surface area contributed by atoms with Gasteiger partial charge in [-0.2, -0.15) is 0 Å². The minimum Gasteiger partial charge on any atom is -0.359 e. The van der Waals surface area contributed by atoms with Crippen molar-refractivity contribution in [3.05, 3.63) is 53.4 Å². The molecule has 0 radical (unpaired) electrons. The second kappa shape index (κ2) is 6.64. The molecule has 2 heterocycles. The Morgan fingerprint density at radius 3 is 2.95 bits per heavy atom. The Morgan fingerprint density at radius 1 is 1.41 bits per heavy atom. The number of likely N-dealkylation sites (tertiary alicyclic amines) is 1. The fraction of sp³-hybridized carbons (Fsp3) is 0.412. The summed E-state index contributed by atoms with van der Waals surface area (Å²) in [5.41, 5.74) is 2.08. The number of rotatable bonds is 4. The second-order valence-corrected chi connectivity index (χ2v) is 5.69. The molecule has 1 N–H and O–H groups in total. The van der Waals surface area contributed by atoms with E-state index < -0.39 is 0 Å². The number of aromatic nitrogens is 1. The molecule has 22 heavy (non-hydrogen) atoms. The Hall–Kier alpha value is -2.30. The Labute approximate surface area is 130 Å². The standard InChI is InChI=1S/C17H21N3O2/c1-13-12-16(22-19-13)15-8-5-11-20(15)17(21)18-10-9-14-6-3-2-4-7-14/h2-4,6-7,12,15H,5,8-11H2,1H3,(H,18,21)/t15-/m0/s1. The number of nitrogens with zero attached hydrogens (tertiary/aromatic N) is 2. The number of nitrogens with one attached hydrogen (secondary N) is 1. The van der Waals surface area contributed by atoms with Crippen molar-refractivity contribution < 1.29 is 9.32 Å². The molecule has 0 bridgehead atoms. The van der Waals surface area contributed by atoms with Gasteiger partial charge in [0.2, 0.25) is 0 Å². The van der Waals surface area contributed by atoms with E-state index in [9.17, 15) is 4.79 Å². The van der Waals surface area contributed by atoms with Crippen molar-refractivity contribution in [1.82, 2.24) is 15.4 Å². The largest absolute Gasteiger partial charge is 0.359 e. The number of hydrogen-bond acceptors (Lipinski definition) is 3. The lowest BCUT2D eigenvalue weighted by Crippen LogP contribution is -2.40. The molecule has 0 unspecified atom stereocenters. The molecule has 5 nitrogen and oxygen atoms in total. The van der Waals surface area contributed by atoms with Crippen LogP contribution in [0, 0.1) is 6.92 Å². The van der Waals surface area contributed by atoms with Gasteiger partial charge in [0.25, 0.3) is 0 Å². The van der Waals surface area contributed by atoms with Crippen LogP contribution in [-0.4, -0.2) is 29.2 Å². The lowest BCUT2D eigenvalue weighted by atomic mass is 10.1. The summed E-state index contributed by atoms with van der Waals surface area (Å²) < 4.78 is 5.33. The second-order valence-electron chi connectivity index (χ2n) is 5.69. The van der Waals surface area contributed by atoms with Gasteiger partial charge in [-0.3, -0.25) is 0 Å². The van der Waals surface area contributed by atoms with Crippen molar-refractivity contribution in [2.24, 2.45) is 0 Å². The van der Waals surface area contributed by atoms with Gasteiger partial charge in [0.05, 0.1) is 11.7 Å². The summed E-state index contributed by atoms with van der Waals surface area (Å²) >= 11 is 0. The molecule has 1 aliphatic rings. The van der Waals surface area contributed by atoms with Crippen LogP contribution in [0.3, 0.4) is 0 Å². The van der Waals surface area contributed by atoms with Crippen molar-refractivity contribution in [3.8, 4) is 0 Å². The van der Waals surface area contributed by atoms with Gasteiger partial charge < -0.3 is 14.7 Å². The number of urea groups is 1. The monoisotopic (exact) mass is 299 g/mol. The first-order chi connectivity index (χ1) is 10.7. The molecule has 3 rings (SSSR count). The van der Waals surface area contributed by atoms with E-state index in [4.69, 9.17) is 4.52 Å². The summed E-state index contributed by atoms with van der Waals surface area (Å²) in [7, 11) is 0. The fourth-order valence-corrected chi connectivity index (χ4v) is 2.91. The Kier molecular flexibility index (Phi) is 4.42. The highest BCUT2D eigenvalue weighted by Crippen LogP contribution is 2.32. The van der Waals surface area contributed by atoms with Crippen molar-refractivity contribution in [2.75, 3.05) is 13.1 Å². The van der Waals surface area contributed by atoms with Crippen LogP contribution in [0.15, 0.2) is 40.9 Å². The van der Waals surface area contributed by atoms with Crippen LogP contribution in [0.25, 0.3) is 0 Å². The SMILES string of the molecule is Cc1cc([C@@H]2CCCN2C(=O)NCCc2ccccc2)on1. The van der Waals surface area contributed by atoms with Gasteiger partial charge in [0.15, 0.2) is 5.76 Å². The number of carbonyl (C=O) groups excluding carboxylic acids is 1. The van der Waals surface area contributed by atoms with E-state index in [1.165, 1.54) is 5.56 Å². The van der Waals surface area contributed by atoms with Crippen LogP contribution in [0.1, 0.15) is 35.9 Å². The number of carbonyl (C=O) groups is 1. The fourth-order valence-electron chi connectivity index (χ4n) is 2.91. The molecule has 1 aliphatic heterocycles. The molecule has 1 atom stereocenters. The highest BCUT2D eigenvalue weighted by Gasteiger charge is 2.32. The molecule has 116 valence electrons. The third-order valence-electron chi connectivity index (χ3n) is 4.02. The predicted octanol–water partition coefficient (Wildman–Crippen LogP) is 3.07. The molecular formula is C17H21N3O2. The highest BCUT2D eigenvalue weighted by atomic mass is 16.5. The van der Waals surface area contributed by atoms with E-state index in [1.54, 1.807) is 0 Å². The lowest BCUT2D eigenvalue weighted by Gasteiger charge is -2.23. The number of aryl methyl sites for hydroxylation is 1. The molecule has 2 amide bonds. The highest BCUT2D eigenvalue weighted by molar-refractivity contribution is 5.75. The number of amides is 2. The normalized spacial score (nSPS) is 17.7. The van der Waals surface area contributed by atoms with Crippen LogP contribution in [-0.2, 0) is 6.42 Å². The summed E-state index contributed by atoms with van der Waals surface area (Å²) in [5, 5.41) is 6.93. The maximum atomic E-state index is 12.4. The van der Waals surface area contributed by atoms with Crippen LogP contribution in [0.2, 0.25) is 0 Å². The van der Waals surface area contributed by atoms with Gasteiger partial charge in [-0.25, -0.2) is 4.79 Å². The molecule has 1 fully saturated rings. The van der Waals surface area contributed by atoms with E-state index in [2.05, 4.69) is 22.6 Å². The third-order valence-corrected chi connectivity index (χ3v) is 4.02. The van der Waals surface area contributed by atoms with Crippen molar-refractivity contribution in [2.45, 2.75) is 32.2 Å². The maximum absolute atomic E-state index is 12.4. The Balaban J connectivity index is 1.55. The zero-order valence-electron chi connectivity index (χ0n) is 12.8. The maximum Gasteiger partial charge on any atom is 0.318 e. The quantitative estimate of drug-likeness (QED) is 0.944. The minimum absolute atomic E-state index is 0.0120. The number of benzene rings is 1. The zero-order chi connectivity index (χ0) is 15.4. The summed E-state index contributed by atoms with van der Waals surface area (Å²) in [6, 6.07) is 12.1. The van der Waals surface area contributed by atoms with E-state index in [1.807, 2.05) is 36.1 Å².